The fourth-order valence-electron chi connectivity index (χ4n) is 2.84. The molecule has 0 saturated carbocycles. The molecule has 4 nitrogen and oxygen atoms in total. The van der Waals surface area contributed by atoms with Crippen LogP contribution in [0.3, 0.4) is 0 Å². The molecule has 0 bridgehead atoms. The summed E-state index contributed by atoms with van der Waals surface area (Å²) < 4.78 is 28.7. The average Bonchev–Trinajstić information content (AvgIpc) is 2.84. The van der Waals surface area contributed by atoms with Crippen molar-refractivity contribution < 1.29 is 13.2 Å². The lowest BCUT2D eigenvalue weighted by molar-refractivity contribution is 0.192. The summed E-state index contributed by atoms with van der Waals surface area (Å²) in [5, 5.41) is 0. The van der Waals surface area contributed by atoms with Gasteiger partial charge in [-0.2, -0.15) is 0 Å². The molecule has 0 aromatic heterocycles. The summed E-state index contributed by atoms with van der Waals surface area (Å²) in [5.74, 6) is 2.11. The topological polar surface area (TPSA) is 46.6 Å². The van der Waals surface area contributed by atoms with E-state index in [1.54, 1.807) is 7.11 Å². The van der Waals surface area contributed by atoms with Crippen molar-refractivity contribution in [3.63, 3.8) is 0 Å². The van der Waals surface area contributed by atoms with Gasteiger partial charge in [0.05, 0.1) is 18.6 Å². The molecule has 1 aliphatic rings. The normalized spacial score (nSPS) is 20.7. The van der Waals surface area contributed by atoms with Crippen LogP contribution >= 0.6 is 0 Å². The van der Waals surface area contributed by atoms with Crippen LogP contribution in [0.25, 0.3) is 0 Å². The number of hydrogen-bond acceptors (Lipinski definition) is 4. The molecule has 5 heteroatoms. The molecule has 1 heterocycles. The zero-order valence-electron chi connectivity index (χ0n) is 13.8. The molecule has 0 amide bonds. The Balaban J connectivity index is 2.06. The molecule has 1 atom stereocenters. The van der Waals surface area contributed by atoms with E-state index in [0.717, 1.165) is 31.7 Å². The second-order valence-electron chi connectivity index (χ2n) is 6.56. The molecule has 1 unspecified atom stereocenters. The molecule has 0 aliphatic carbocycles. The standard InChI is InChI=1S/C17H27NO3S/c1-14(2)8-10-18(16-9-11-22(19,20)13-16)12-15-4-6-17(21-3)7-5-15/h4-7,14,16H,8-13H2,1-3H3. The van der Waals surface area contributed by atoms with Gasteiger partial charge in [-0.15, -0.1) is 0 Å². The summed E-state index contributed by atoms with van der Waals surface area (Å²) >= 11 is 0. The fraction of sp³-hybridized carbons (Fsp3) is 0.647. The lowest BCUT2D eigenvalue weighted by atomic mass is 10.1. The average molecular weight is 325 g/mol. The van der Waals surface area contributed by atoms with Gasteiger partial charge in [-0.25, -0.2) is 8.42 Å². The maximum Gasteiger partial charge on any atom is 0.151 e. The van der Waals surface area contributed by atoms with Crippen molar-refractivity contribution >= 4 is 9.84 Å². The Morgan fingerprint density at radius 2 is 1.95 bits per heavy atom. The van der Waals surface area contributed by atoms with E-state index < -0.39 is 9.84 Å². The van der Waals surface area contributed by atoms with E-state index in [0.29, 0.717) is 17.4 Å². The molecule has 1 aromatic carbocycles. The van der Waals surface area contributed by atoms with Gasteiger partial charge in [-0.1, -0.05) is 26.0 Å². The van der Waals surface area contributed by atoms with Crippen molar-refractivity contribution in [1.82, 2.24) is 4.90 Å². The highest BCUT2D eigenvalue weighted by molar-refractivity contribution is 7.91. The summed E-state index contributed by atoms with van der Waals surface area (Å²) in [6.45, 7) is 6.16. The quantitative estimate of drug-likeness (QED) is 0.773. The minimum atomic E-state index is -2.84. The van der Waals surface area contributed by atoms with Gasteiger partial charge in [0.25, 0.3) is 0 Å². The van der Waals surface area contributed by atoms with Gasteiger partial charge in [0.1, 0.15) is 5.75 Å². The maximum atomic E-state index is 11.8. The first-order valence-electron chi connectivity index (χ1n) is 7.97. The van der Waals surface area contributed by atoms with E-state index in [1.807, 2.05) is 12.1 Å². The number of benzene rings is 1. The van der Waals surface area contributed by atoms with Crippen LogP contribution in [0, 0.1) is 5.92 Å². The summed E-state index contributed by atoms with van der Waals surface area (Å²) in [4.78, 5) is 2.34. The predicted octanol–water partition coefficient (Wildman–Crippen LogP) is 2.73. The molecule has 0 radical (unpaired) electrons. The lowest BCUT2D eigenvalue weighted by Crippen LogP contribution is -2.37. The maximum absolute atomic E-state index is 11.8. The number of sulfone groups is 1. The van der Waals surface area contributed by atoms with Crippen LogP contribution in [0.5, 0.6) is 5.75 Å². The Morgan fingerprint density at radius 1 is 1.27 bits per heavy atom. The van der Waals surface area contributed by atoms with Crippen LogP contribution in [-0.4, -0.2) is 44.5 Å². The van der Waals surface area contributed by atoms with E-state index in [4.69, 9.17) is 4.74 Å². The Morgan fingerprint density at radius 3 is 2.45 bits per heavy atom. The van der Waals surface area contributed by atoms with E-state index >= 15 is 0 Å². The highest BCUT2D eigenvalue weighted by atomic mass is 32.2. The monoisotopic (exact) mass is 325 g/mol. The van der Waals surface area contributed by atoms with Gasteiger partial charge in [-0.05, 0) is 43.0 Å². The third-order valence-corrected chi connectivity index (χ3v) is 6.01. The molecule has 124 valence electrons. The van der Waals surface area contributed by atoms with Crippen LogP contribution in [0.4, 0.5) is 0 Å². The molecule has 1 aromatic rings. The molecule has 0 spiro atoms. The molecule has 1 fully saturated rings. The third-order valence-electron chi connectivity index (χ3n) is 4.26. The smallest absolute Gasteiger partial charge is 0.151 e. The minimum Gasteiger partial charge on any atom is -0.497 e. The highest BCUT2D eigenvalue weighted by Gasteiger charge is 2.32. The Hall–Kier alpha value is -1.07. The van der Waals surface area contributed by atoms with Crippen molar-refractivity contribution in [1.29, 1.82) is 0 Å². The van der Waals surface area contributed by atoms with Gasteiger partial charge in [0.2, 0.25) is 0 Å². The largest absolute Gasteiger partial charge is 0.497 e. The fourth-order valence-corrected chi connectivity index (χ4v) is 4.61. The van der Waals surface area contributed by atoms with Crippen LogP contribution in [0.1, 0.15) is 32.3 Å². The number of rotatable bonds is 7. The molecule has 2 rings (SSSR count). The molecule has 1 aliphatic heterocycles. The zero-order chi connectivity index (χ0) is 16.2. The van der Waals surface area contributed by atoms with Crippen LogP contribution in [-0.2, 0) is 16.4 Å². The van der Waals surface area contributed by atoms with Crippen molar-refractivity contribution in [2.45, 2.75) is 39.3 Å². The minimum absolute atomic E-state index is 0.158. The molecule has 1 saturated heterocycles. The Kier molecular flexibility index (Phi) is 5.87. The Labute approximate surface area is 134 Å². The summed E-state index contributed by atoms with van der Waals surface area (Å²) in [7, 11) is -1.18. The highest BCUT2D eigenvalue weighted by Crippen LogP contribution is 2.22. The van der Waals surface area contributed by atoms with Crippen LogP contribution < -0.4 is 4.74 Å². The van der Waals surface area contributed by atoms with Crippen molar-refractivity contribution in [3.05, 3.63) is 29.8 Å². The van der Waals surface area contributed by atoms with E-state index in [9.17, 15) is 8.42 Å². The SMILES string of the molecule is COc1ccc(CN(CCC(C)C)C2CCS(=O)(=O)C2)cc1. The summed E-state index contributed by atoms with van der Waals surface area (Å²) in [5.41, 5.74) is 1.20. The summed E-state index contributed by atoms with van der Waals surface area (Å²) in [6.07, 6.45) is 1.85. The first-order chi connectivity index (χ1) is 10.4. The second-order valence-corrected chi connectivity index (χ2v) is 8.79. The number of hydrogen-bond donors (Lipinski definition) is 0. The van der Waals surface area contributed by atoms with E-state index in [1.165, 1.54) is 5.56 Å². The lowest BCUT2D eigenvalue weighted by Gasteiger charge is -2.29. The van der Waals surface area contributed by atoms with Gasteiger partial charge in [-0.3, -0.25) is 4.90 Å². The second kappa shape index (κ2) is 7.47. The van der Waals surface area contributed by atoms with Crippen molar-refractivity contribution in [3.8, 4) is 5.75 Å². The van der Waals surface area contributed by atoms with Gasteiger partial charge in [0, 0.05) is 12.6 Å². The van der Waals surface area contributed by atoms with Gasteiger partial charge < -0.3 is 4.74 Å². The molecule has 0 N–H and O–H groups in total. The van der Waals surface area contributed by atoms with Crippen LogP contribution in [0.2, 0.25) is 0 Å². The molecule has 22 heavy (non-hydrogen) atoms. The van der Waals surface area contributed by atoms with E-state index in [2.05, 4.69) is 30.9 Å². The Bertz CT molecular complexity index is 566. The predicted molar refractivity (Wildman–Crippen MR) is 89.9 cm³/mol. The van der Waals surface area contributed by atoms with Gasteiger partial charge in [0.15, 0.2) is 9.84 Å². The van der Waals surface area contributed by atoms with Crippen molar-refractivity contribution in [2.75, 3.05) is 25.2 Å². The van der Waals surface area contributed by atoms with E-state index in [-0.39, 0.29) is 6.04 Å². The van der Waals surface area contributed by atoms with Crippen LogP contribution in [0.15, 0.2) is 24.3 Å². The number of nitrogens with zero attached hydrogens (tertiary/aromatic N) is 1. The number of methoxy groups -OCH3 is 1. The van der Waals surface area contributed by atoms with Gasteiger partial charge >= 0.3 is 0 Å². The molecular weight excluding hydrogens is 298 g/mol. The third kappa shape index (κ3) is 4.99. The first kappa shape index (κ1) is 17.3. The van der Waals surface area contributed by atoms with Crippen molar-refractivity contribution in [2.24, 2.45) is 5.92 Å². The molecular formula is C17H27NO3S. The number of ether oxygens (including phenoxy) is 1. The summed E-state index contributed by atoms with van der Waals surface area (Å²) in [6, 6.07) is 8.20. The zero-order valence-corrected chi connectivity index (χ0v) is 14.6. The first-order valence-corrected chi connectivity index (χ1v) is 9.79.